The minimum absolute atomic E-state index is 0.322. The molecule has 1 heterocycles. The highest BCUT2D eigenvalue weighted by atomic mass is 16.4. The lowest BCUT2D eigenvalue weighted by Gasteiger charge is -2.28. The van der Waals surface area contributed by atoms with E-state index in [1.807, 2.05) is 12.1 Å². The van der Waals surface area contributed by atoms with Crippen molar-refractivity contribution in [3.8, 4) is 0 Å². The number of anilines is 2. The van der Waals surface area contributed by atoms with Gasteiger partial charge >= 0.3 is 5.97 Å². The quantitative estimate of drug-likeness (QED) is 0.619. The van der Waals surface area contributed by atoms with Gasteiger partial charge < -0.3 is 10.0 Å². The van der Waals surface area contributed by atoms with Crippen LogP contribution in [0.15, 0.2) is 36.4 Å². The second-order valence-electron chi connectivity index (χ2n) is 8.76. The van der Waals surface area contributed by atoms with Gasteiger partial charge in [-0.3, -0.25) is 4.98 Å². The number of carboxylic acids is 1. The summed E-state index contributed by atoms with van der Waals surface area (Å²) < 4.78 is 0. The molecule has 0 atom stereocenters. The molecule has 0 bridgehead atoms. The predicted molar refractivity (Wildman–Crippen MR) is 117 cm³/mol. The second-order valence-corrected chi connectivity index (χ2v) is 8.76. The molecule has 29 heavy (non-hydrogen) atoms. The molecule has 0 unspecified atom stereocenters. The van der Waals surface area contributed by atoms with Gasteiger partial charge in [-0.25, -0.2) is 4.79 Å². The number of hydrogen-bond acceptors (Lipinski definition) is 3. The van der Waals surface area contributed by atoms with Crippen molar-refractivity contribution in [1.82, 2.24) is 4.98 Å². The fourth-order valence-electron chi connectivity index (χ4n) is 4.94. The zero-order chi connectivity index (χ0) is 20.2. The third kappa shape index (κ3) is 4.63. The van der Waals surface area contributed by atoms with Gasteiger partial charge in [0.2, 0.25) is 0 Å². The summed E-state index contributed by atoms with van der Waals surface area (Å²) in [5, 5.41) is 9.17. The SMILES string of the molecule is CN(c1ccc(C(=O)O)cc1)c1cc(C2CCCCC2)nc(C2CCCCC2)c1. The third-order valence-corrected chi connectivity index (χ3v) is 6.79. The van der Waals surface area contributed by atoms with Crippen molar-refractivity contribution in [3.63, 3.8) is 0 Å². The highest BCUT2D eigenvalue weighted by Gasteiger charge is 2.23. The molecular weight excluding hydrogens is 360 g/mol. The lowest BCUT2D eigenvalue weighted by molar-refractivity contribution is 0.0697. The maximum absolute atomic E-state index is 11.2. The lowest BCUT2D eigenvalue weighted by Crippen LogP contribution is -2.16. The summed E-state index contributed by atoms with van der Waals surface area (Å²) in [5.74, 6) is 0.268. The van der Waals surface area contributed by atoms with E-state index in [-0.39, 0.29) is 0 Å². The first kappa shape index (κ1) is 19.9. The van der Waals surface area contributed by atoms with Crippen LogP contribution in [0.4, 0.5) is 11.4 Å². The first-order chi connectivity index (χ1) is 14.1. The number of carbonyl (C=O) groups is 1. The van der Waals surface area contributed by atoms with Crippen LogP contribution >= 0.6 is 0 Å². The third-order valence-electron chi connectivity index (χ3n) is 6.79. The predicted octanol–water partition coefficient (Wildman–Crippen LogP) is 6.64. The Labute approximate surface area is 174 Å². The molecule has 2 aliphatic rings. The van der Waals surface area contributed by atoms with Gasteiger partial charge in [-0.2, -0.15) is 0 Å². The molecule has 2 aliphatic carbocycles. The van der Waals surface area contributed by atoms with Crippen LogP contribution in [0.3, 0.4) is 0 Å². The van der Waals surface area contributed by atoms with E-state index in [9.17, 15) is 9.90 Å². The average Bonchev–Trinajstić information content (AvgIpc) is 2.79. The number of nitrogens with zero attached hydrogens (tertiary/aromatic N) is 2. The zero-order valence-electron chi connectivity index (χ0n) is 17.4. The minimum Gasteiger partial charge on any atom is -0.478 e. The van der Waals surface area contributed by atoms with Crippen molar-refractivity contribution in [1.29, 1.82) is 0 Å². The van der Waals surface area contributed by atoms with Gasteiger partial charge in [-0.05, 0) is 62.1 Å². The van der Waals surface area contributed by atoms with Crippen LogP contribution in [0.2, 0.25) is 0 Å². The van der Waals surface area contributed by atoms with Crippen LogP contribution in [-0.4, -0.2) is 23.1 Å². The van der Waals surface area contributed by atoms with Crippen LogP contribution in [0.25, 0.3) is 0 Å². The number of hydrogen-bond donors (Lipinski definition) is 1. The minimum atomic E-state index is -0.887. The summed E-state index contributed by atoms with van der Waals surface area (Å²) >= 11 is 0. The second kappa shape index (κ2) is 8.98. The normalized spacial score (nSPS) is 18.5. The summed E-state index contributed by atoms with van der Waals surface area (Å²) in [4.78, 5) is 18.5. The first-order valence-electron chi connectivity index (χ1n) is 11.2. The molecule has 0 spiro atoms. The summed E-state index contributed by atoms with van der Waals surface area (Å²) in [6.45, 7) is 0. The molecule has 0 radical (unpaired) electrons. The van der Waals surface area contributed by atoms with Crippen LogP contribution < -0.4 is 4.90 Å². The van der Waals surface area contributed by atoms with E-state index in [1.165, 1.54) is 81.3 Å². The number of aromatic carboxylic acids is 1. The Morgan fingerprint density at radius 3 is 1.76 bits per heavy atom. The van der Waals surface area contributed by atoms with Crippen molar-refractivity contribution in [2.45, 2.75) is 76.0 Å². The van der Waals surface area contributed by atoms with E-state index in [0.29, 0.717) is 17.4 Å². The Morgan fingerprint density at radius 2 is 1.31 bits per heavy atom. The van der Waals surface area contributed by atoms with Gasteiger partial charge in [0, 0.05) is 41.6 Å². The topological polar surface area (TPSA) is 53.4 Å². The smallest absolute Gasteiger partial charge is 0.335 e. The molecule has 4 heteroatoms. The molecular formula is C25H32N2O2. The summed E-state index contributed by atoms with van der Waals surface area (Å²) in [7, 11) is 2.07. The largest absolute Gasteiger partial charge is 0.478 e. The summed E-state index contributed by atoms with van der Waals surface area (Å²) in [5.41, 5.74) is 5.02. The molecule has 1 aromatic carbocycles. The Bertz CT molecular complexity index is 798. The van der Waals surface area contributed by atoms with Crippen molar-refractivity contribution in [2.75, 3.05) is 11.9 Å². The summed E-state index contributed by atoms with van der Waals surface area (Å²) in [6, 6.07) is 11.7. The Morgan fingerprint density at radius 1 is 0.828 bits per heavy atom. The van der Waals surface area contributed by atoms with Gasteiger partial charge in [0.05, 0.1) is 5.56 Å². The maximum atomic E-state index is 11.2. The zero-order valence-corrected chi connectivity index (χ0v) is 17.4. The van der Waals surface area contributed by atoms with Crippen LogP contribution in [0.1, 0.15) is 97.8 Å². The van der Waals surface area contributed by atoms with Gasteiger partial charge in [-0.15, -0.1) is 0 Å². The van der Waals surface area contributed by atoms with Gasteiger partial charge in [-0.1, -0.05) is 38.5 Å². The number of carboxylic acid groups (broad SMARTS) is 1. The molecule has 0 saturated heterocycles. The molecule has 2 fully saturated rings. The molecule has 4 rings (SSSR count). The van der Waals surface area contributed by atoms with Gasteiger partial charge in [0.25, 0.3) is 0 Å². The molecule has 154 valence electrons. The molecule has 4 nitrogen and oxygen atoms in total. The van der Waals surface area contributed by atoms with Crippen LogP contribution in [0, 0.1) is 0 Å². The van der Waals surface area contributed by atoms with Crippen molar-refractivity contribution >= 4 is 17.3 Å². The van der Waals surface area contributed by atoms with E-state index in [0.717, 1.165) is 5.69 Å². The van der Waals surface area contributed by atoms with Crippen LogP contribution in [0.5, 0.6) is 0 Å². The number of pyridine rings is 1. The molecule has 0 aliphatic heterocycles. The fourth-order valence-corrected chi connectivity index (χ4v) is 4.94. The molecule has 0 amide bonds. The van der Waals surface area contributed by atoms with E-state index in [4.69, 9.17) is 4.98 Å². The van der Waals surface area contributed by atoms with Crippen LogP contribution in [-0.2, 0) is 0 Å². The number of aromatic nitrogens is 1. The van der Waals surface area contributed by atoms with Crippen molar-refractivity contribution in [3.05, 3.63) is 53.3 Å². The Hall–Kier alpha value is -2.36. The lowest BCUT2D eigenvalue weighted by atomic mass is 9.84. The molecule has 1 aromatic heterocycles. The average molecular weight is 393 g/mol. The van der Waals surface area contributed by atoms with Crippen molar-refractivity contribution < 1.29 is 9.90 Å². The highest BCUT2D eigenvalue weighted by Crippen LogP contribution is 2.38. The van der Waals surface area contributed by atoms with Crippen molar-refractivity contribution in [2.24, 2.45) is 0 Å². The van der Waals surface area contributed by atoms with Gasteiger partial charge in [0.1, 0.15) is 0 Å². The number of rotatable bonds is 5. The highest BCUT2D eigenvalue weighted by molar-refractivity contribution is 5.88. The summed E-state index contributed by atoms with van der Waals surface area (Å²) in [6.07, 6.45) is 12.9. The molecule has 2 aromatic rings. The number of benzene rings is 1. The molecule has 2 saturated carbocycles. The van der Waals surface area contributed by atoms with E-state index < -0.39 is 5.97 Å². The molecule has 1 N–H and O–H groups in total. The van der Waals surface area contributed by atoms with E-state index >= 15 is 0 Å². The fraction of sp³-hybridized carbons (Fsp3) is 0.520. The van der Waals surface area contributed by atoms with E-state index in [1.54, 1.807) is 12.1 Å². The van der Waals surface area contributed by atoms with Gasteiger partial charge in [0.15, 0.2) is 0 Å². The Balaban J connectivity index is 1.67. The van der Waals surface area contributed by atoms with E-state index in [2.05, 4.69) is 24.1 Å². The maximum Gasteiger partial charge on any atom is 0.335 e. The first-order valence-corrected chi connectivity index (χ1v) is 11.2. The Kier molecular flexibility index (Phi) is 6.17. The monoisotopic (exact) mass is 392 g/mol. The standard InChI is InChI=1S/C25H32N2O2/c1-27(21-14-12-20(13-15-21)25(28)29)22-16-23(18-8-4-2-5-9-18)26-24(17-22)19-10-6-3-7-11-19/h12-19H,2-11H2,1H3,(H,28,29).